The summed E-state index contributed by atoms with van der Waals surface area (Å²) in [5, 5.41) is 15.2. The normalized spacial score (nSPS) is 21.1. The van der Waals surface area contributed by atoms with Crippen LogP contribution in [0.3, 0.4) is 0 Å². The smallest absolute Gasteiger partial charge is 0.227 e. The minimum absolute atomic E-state index is 0.0328. The van der Waals surface area contributed by atoms with E-state index in [1.54, 1.807) is 30.5 Å². The van der Waals surface area contributed by atoms with Crippen LogP contribution in [0.15, 0.2) is 66.9 Å². The molecule has 0 spiro atoms. The Morgan fingerprint density at radius 3 is 2.73 bits per heavy atom. The summed E-state index contributed by atoms with van der Waals surface area (Å²) in [6.45, 7) is 0.555. The number of hydrogen-bond acceptors (Lipinski definition) is 7. The van der Waals surface area contributed by atoms with Crippen LogP contribution in [-0.4, -0.2) is 30.3 Å². The molecule has 1 unspecified atom stereocenters. The molecule has 0 radical (unpaired) electrons. The summed E-state index contributed by atoms with van der Waals surface area (Å²) in [4.78, 5) is 29.1. The molecule has 2 aromatic carbocycles. The van der Waals surface area contributed by atoms with Gasteiger partial charge in [-0.2, -0.15) is 5.26 Å². The van der Waals surface area contributed by atoms with Crippen LogP contribution in [0.5, 0.6) is 17.2 Å². The van der Waals surface area contributed by atoms with E-state index in [-0.39, 0.29) is 17.6 Å². The highest BCUT2D eigenvalue weighted by molar-refractivity contribution is 5.97. The molecule has 2 aliphatic carbocycles. The van der Waals surface area contributed by atoms with E-state index in [1.165, 1.54) is 18.2 Å². The number of carbonyl (C=O) groups is 2. The average molecular weight is 547 g/mol. The second-order valence-electron chi connectivity index (χ2n) is 10.7. The number of rotatable bonds is 7. The number of benzene rings is 2. The number of nitrogens with zero attached hydrogens (tertiary/aromatic N) is 2. The monoisotopic (exact) mass is 546 g/mol. The molecule has 3 aliphatic rings. The van der Waals surface area contributed by atoms with E-state index in [1.807, 2.05) is 24.3 Å². The number of nitrogens with one attached hydrogen (secondary N) is 2. The number of fused-ring (bicyclic) bond motifs is 2. The van der Waals surface area contributed by atoms with Gasteiger partial charge in [0.25, 0.3) is 0 Å². The maximum atomic E-state index is 13.0. The van der Waals surface area contributed by atoms with Gasteiger partial charge in [0, 0.05) is 31.1 Å². The third-order valence-electron chi connectivity index (χ3n) is 8.08. The van der Waals surface area contributed by atoms with Gasteiger partial charge in [0.15, 0.2) is 11.6 Å². The van der Waals surface area contributed by atoms with Gasteiger partial charge in [-0.05, 0) is 90.3 Å². The summed E-state index contributed by atoms with van der Waals surface area (Å²) >= 11 is 0. The third-order valence-corrected chi connectivity index (χ3v) is 8.08. The standard InChI is InChI=1S/C33H30N4O4/c1-40-31-17-28(8-5-22(31)18-34)41-27-6-3-21(4-7-27)23-13-24-15-26(16-25(24)14-23)30(38)9-2-20-12-29-33(36-19-20)37-32(39)10-11-35-29/h2-9,12-13,17,19,24-26,35H,10-11,14-16H2,1H3,(H,36,37,39)/b9-2+/t24-,25+,26?/m0/s1. The molecule has 0 saturated heterocycles. The topological polar surface area (TPSA) is 113 Å². The first kappa shape index (κ1) is 26.3. The van der Waals surface area contributed by atoms with Gasteiger partial charge in [0.1, 0.15) is 23.3 Å². The number of hydrogen-bond donors (Lipinski definition) is 2. The SMILES string of the molecule is COc1cc(Oc2ccc(C3=C[C@H]4CC(C(=O)/C=C/c5cnc6c(c5)NCCC(=O)N6)C[C@H]4C3)cc2)ccc1C#N. The zero-order chi connectivity index (χ0) is 28.3. The van der Waals surface area contributed by atoms with Crippen molar-refractivity contribution in [2.24, 2.45) is 17.8 Å². The van der Waals surface area contributed by atoms with E-state index in [0.717, 1.165) is 30.5 Å². The molecule has 3 atom stereocenters. The van der Waals surface area contributed by atoms with Crippen LogP contribution in [-0.2, 0) is 9.59 Å². The minimum Gasteiger partial charge on any atom is -0.495 e. The Bertz CT molecular complexity index is 1600. The van der Waals surface area contributed by atoms with Crippen molar-refractivity contribution < 1.29 is 19.1 Å². The maximum Gasteiger partial charge on any atom is 0.227 e. The molecule has 1 amide bonds. The molecular weight excluding hydrogens is 516 g/mol. The zero-order valence-corrected chi connectivity index (χ0v) is 22.7. The second-order valence-corrected chi connectivity index (χ2v) is 10.7. The summed E-state index contributed by atoms with van der Waals surface area (Å²) in [6.07, 6.45) is 10.6. The Kier molecular flexibility index (Phi) is 7.26. The molecule has 1 aliphatic heterocycles. The quantitative estimate of drug-likeness (QED) is 0.338. The van der Waals surface area contributed by atoms with Crippen molar-refractivity contribution >= 4 is 34.8 Å². The maximum absolute atomic E-state index is 13.0. The van der Waals surface area contributed by atoms with Crippen molar-refractivity contribution in [2.45, 2.75) is 25.7 Å². The molecule has 0 bridgehead atoms. The Labute approximate surface area is 238 Å². The number of methoxy groups -OCH3 is 1. The number of amides is 1. The first-order chi connectivity index (χ1) is 20.0. The van der Waals surface area contributed by atoms with Crippen LogP contribution >= 0.6 is 0 Å². The number of ether oxygens (including phenoxy) is 2. The fourth-order valence-corrected chi connectivity index (χ4v) is 5.98. The van der Waals surface area contributed by atoms with Gasteiger partial charge in [0.2, 0.25) is 5.91 Å². The Balaban J connectivity index is 1.05. The van der Waals surface area contributed by atoms with Crippen molar-refractivity contribution in [3.63, 3.8) is 0 Å². The highest BCUT2D eigenvalue weighted by atomic mass is 16.5. The van der Waals surface area contributed by atoms with E-state index in [2.05, 4.69) is 39.9 Å². The molecule has 41 heavy (non-hydrogen) atoms. The van der Waals surface area contributed by atoms with Gasteiger partial charge in [-0.15, -0.1) is 0 Å². The summed E-state index contributed by atoms with van der Waals surface area (Å²) in [7, 11) is 1.53. The Morgan fingerprint density at radius 2 is 1.95 bits per heavy atom. The van der Waals surface area contributed by atoms with E-state index >= 15 is 0 Å². The average Bonchev–Trinajstić information content (AvgIpc) is 3.51. The number of nitriles is 1. The molecule has 1 fully saturated rings. The lowest BCUT2D eigenvalue weighted by atomic mass is 9.95. The predicted molar refractivity (Wildman–Crippen MR) is 157 cm³/mol. The van der Waals surface area contributed by atoms with Crippen LogP contribution in [0.2, 0.25) is 0 Å². The summed E-state index contributed by atoms with van der Waals surface area (Å²) in [5.74, 6) is 3.36. The zero-order valence-electron chi connectivity index (χ0n) is 22.7. The van der Waals surface area contributed by atoms with Crippen molar-refractivity contribution in [1.29, 1.82) is 5.26 Å². The first-order valence-corrected chi connectivity index (χ1v) is 13.8. The number of allylic oxidation sites excluding steroid dienone is 3. The predicted octanol–water partition coefficient (Wildman–Crippen LogP) is 6.22. The third kappa shape index (κ3) is 5.71. The van der Waals surface area contributed by atoms with Gasteiger partial charge in [-0.3, -0.25) is 9.59 Å². The van der Waals surface area contributed by atoms with E-state index in [4.69, 9.17) is 14.7 Å². The van der Waals surface area contributed by atoms with E-state index < -0.39 is 0 Å². The van der Waals surface area contributed by atoms with Crippen molar-refractivity contribution in [3.05, 3.63) is 83.6 Å². The fourth-order valence-electron chi connectivity index (χ4n) is 5.98. The second kappa shape index (κ2) is 11.3. The lowest BCUT2D eigenvalue weighted by molar-refractivity contribution is -0.118. The molecule has 8 heteroatoms. The largest absolute Gasteiger partial charge is 0.495 e. The van der Waals surface area contributed by atoms with Gasteiger partial charge in [-0.1, -0.05) is 18.2 Å². The van der Waals surface area contributed by atoms with Crippen LogP contribution in [0.4, 0.5) is 11.5 Å². The molecule has 2 N–H and O–H groups in total. The molecule has 1 aromatic heterocycles. The van der Waals surface area contributed by atoms with Crippen molar-refractivity contribution in [3.8, 4) is 23.3 Å². The number of ketones is 1. The van der Waals surface area contributed by atoms with Crippen LogP contribution in [0.1, 0.15) is 42.4 Å². The van der Waals surface area contributed by atoms with Crippen LogP contribution in [0.25, 0.3) is 11.6 Å². The van der Waals surface area contributed by atoms with Crippen molar-refractivity contribution in [2.75, 3.05) is 24.3 Å². The number of anilines is 2. The summed E-state index contributed by atoms with van der Waals surface area (Å²) in [6, 6.07) is 17.2. The fraction of sp³-hybridized carbons (Fsp3) is 0.273. The Morgan fingerprint density at radius 1 is 1.12 bits per heavy atom. The minimum atomic E-state index is -0.0571. The van der Waals surface area contributed by atoms with E-state index in [0.29, 0.717) is 53.4 Å². The highest BCUT2D eigenvalue weighted by Gasteiger charge is 2.39. The molecular formula is C33H30N4O4. The van der Waals surface area contributed by atoms with Gasteiger partial charge < -0.3 is 20.1 Å². The summed E-state index contributed by atoms with van der Waals surface area (Å²) in [5.41, 5.74) is 4.56. The number of carbonyl (C=O) groups excluding carboxylic acids is 2. The number of pyridine rings is 1. The van der Waals surface area contributed by atoms with Crippen LogP contribution in [0, 0.1) is 29.1 Å². The molecule has 206 valence electrons. The summed E-state index contributed by atoms with van der Waals surface area (Å²) < 4.78 is 11.2. The molecule has 8 nitrogen and oxygen atoms in total. The molecule has 1 saturated carbocycles. The molecule has 6 rings (SSSR count). The van der Waals surface area contributed by atoms with Crippen molar-refractivity contribution in [1.82, 2.24) is 4.98 Å². The van der Waals surface area contributed by atoms with Gasteiger partial charge >= 0.3 is 0 Å². The number of aromatic nitrogens is 1. The van der Waals surface area contributed by atoms with Gasteiger partial charge in [0.05, 0.1) is 18.4 Å². The lowest BCUT2D eigenvalue weighted by Gasteiger charge is -2.11. The molecule has 2 heterocycles. The molecule has 3 aromatic rings. The van der Waals surface area contributed by atoms with Gasteiger partial charge in [-0.25, -0.2) is 4.98 Å². The highest BCUT2D eigenvalue weighted by Crippen LogP contribution is 2.48. The Hall–Kier alpha value is -4.90. The van der Waals surface area contributed by atoms with Crippen LogP contribution < -0.4 is 20.1 Å². The lowest BCUT2D eigenvalue weighted by Crippen LogP contribution is -2.11. The first-order valence-electron chi connectivity index (χ1n) is 13.8. The van der Waals surface area contributed by atoms with E-state index in [9.17, 15) is 9.59 Å².